The maximum Gasteiger partial charge on any atom is 0.322 e. The molecule has 1 fully saturated rings. The Balaban J connectivity index is 1.42. The van der Waals surface area contributed by atoms with E-state index < -0.39 is 11.6 Å². The number of nitrogens with zero attached hydrogens (tertiary/aromatic N) is 1. The van der Waals surface area contributed by atoms with Crippen molar-refractivity contribution in [3.63, 3.8) is 0 Å². The van der Waals surface area contributed by atoms with E-state index in [2.05, 4.69) is 27.8 Å². The number of fused-ring (bicyclic) bond motifs is 1. The standard InChI is InChI=1S/C23H23N3O3S/c1-14-12-16(19-6-4-5-7-20(19)24-14)13-29-17-8-10-18(11-9-17)30-15(2)23(3)21(27)25-22(28)26-23/h4-12,15H,13H2,1-3H3,(H2,25,26,27,28). The first-order valence-electron chi connectivity index (χ1n) is 9.73. The van der Waals surface area contributed by atoms with Crippen LogP contribution in [0.2, 0.25) is 0 Å². The molecule has 30 heavy (non-hydrogen) atoms. The van der Waals surface area contributed by atoms with Crippen molar-refractivity contribution in [2.75, 3.05) is 0 Å². The van der Waals surface area contributed by atoms with Gasteiger partial charge in [0.25, 0.3) is 5.91 Å². The maximum absolute atomic E-state index is 12.1. The minimum absolute atomic E-state index is 0.137. The summed E-state index contributed by atoms with van der Waals surface area (Å²) in [6, 6.07) is 17.4. The zero-order valence-corrected chi connectivity index (χ0v) is 17.9. The topological polar surface area (TPSA) is 80.3 Å². The van der Waals surface area contributed by atoms with Crippen LogP contribution in [0.5, 0.6) is 5.75 Å². The average molecular weight is 422 g/mol. The molecule has 2 atom stereocenters. The molecule has 1 aromatic heterocycles. The summed E-state index contributed by atoms with van der Waals surface area (Å²) in [6.45, 7) is 6.11. The Morgan fingerprint density at radius 3 is 2.57 bits per heavy atom. The van der Waals surface area contributed by atoms with Gasteiger partial charge in [-0.2, -0.15) is 0 Å². The van der Waals surface area contributed by atoms with Crippen LogP contribution in [0.4, 0.5) is 4.79 Å². The predicted octanol–water partition coefficient (Wildman–Crippen LogP) is 4.20. The number of hydrogen-bond acceptors (Lipinski definition) is 5. The highest BCUT2D eigenvalue weighted by Gasteiger charge is 2.46. The molecule has 0 aliphatic carbocycles. The molecule has 2 heterocycles. The summed E-state index contributed by atoms with van der Waals surface area (Å²) in [7, 11) is 0. The van der Waals surface area contributed by atoms with E-state index in [0.29, 0.717) is 6.61 Å². The molecular weight excluding hydrogens is 398 g/mol. The first kappa shape index (κ1) is 20.2. The van der Waals surface area contributed by atoms with Crippen molar-refractivity contribution in [2.24, 2.45) is 0 Å². The Morgan fingerprint density at radius 2 is 1.87 bits per heavy atom. The van der Waals surface area contributed by atoms with Gasteiger partial charge < -0.3 is 10.1 Å². The Morgan fingerprint density at radius 1 is 1.13 bits per heavy atom. The van der Waals surface area contributed by atoms with Gasteiger partial charge in [0.05, 0.1) is 5.52 Å². The van der Waals surface area contributed by atoms with E-state index >= 15 is 0 Å². The number of aryl methyl sites for hydroxylation is 1. The fourth-order valence-electron chi connectivity index (χ4n) is 3.45. The number of imide groups is 1. The molecule has 6 nitrogen and oxygen atoms in total. The van der Waals surface area contributed by atoms with E-state index in [1.807, 2.05) is 56.3 Å². The van der Waals surface area contributed by atoms with Gasteiger partial charge in [0.15, 0.2) is 0 Å². The van der Waals surface area contributed by atoms with Crippen LogP contribution in [0, 0.1) is 6.92 Å². The molecule has 0 saturated carbocycles. The third-order valence-corrected chi connectivity index (χ3v) is 6.72. The van der Waals surface area contributed by atoms with Crippen LogP contribution in [-0.4, -0.2) is 27.7 Å². The van der Waals surface area contributed by atoms with Crippen LogP contribution in [0.25, 0.3) is 10.9 Å². The molecule has 2 N–H and O–H groups in total. The Kier molecular flexibility index (Phi) is 5.39. The molecule has 1 aliphatic heterocycles. The molecule has 0 radical (unpaired) electrons. The highest BCUT2D eigenvalue weighted by Crippen LogP contribution is 2.33. The smallest absolute Gasteiger partial charge is 0.322 e. The quantitative estimate of drug-likeness (QED) is 0.461. The van der Waals surface area contributed by atoms with E-state index in [9.17, 15) is 9.59 Å². The number of rotatable bonds is 6. The number of para-hydroxylation sites is 1. The second-order valence-corrected chi connectivity index (χ2v) is 8.98. The summed E-state index contributed by atoms with van der Waals surface area (Å²) >= 11 is 1.53. The normalized spacial score (nSPS) is 19.4. The second-order valence-electron chi connectivity index (χ2n) is 7.57. The maximum atomic E-state index is 12.1. The van der Waals surface area contributed by atoms with E-state index in [1.165, 1.54) is 11.8 Å². The van der Waals surface area contributed by atoms with Gasteiger partial charge in [-0.25, -0.2) is 4.79 Å². The molecule has 1 saturated heterocycles. The molecule has 2 unspecified atom stereocenters. The zero-order valence-electron chi connectivity index (χ0n) is 17.1. The van der Waals surface area contributed by atoms with Gasteiger partial charge in [-0.15, -0.1) is 11.8 Å². The van der Waals surface area contributed by atoms with Crippen molar-refractivity contribution in [2.45, 2.75) is 43.1 Å². The number of aromatic nitrogens is 1. The van der Waals surface area contributed by atoms with E-state index in [0.717, 1.165) is 32.8 Å². The molecule has 154 valence electrons. The molecule has 7 heteroatoms. The SMILES string of the molecule is Cc1cc(COc2ccc(SC(C)C3(C)NC(=O)NC3=O)cc2)c2ccccc2n1. The summed E-state index contributed by atoms with van der Waals surface area (Å²) in [5.74, 6) is 0.469. The summed E-state index contributed by atoms with van der Waals surface area (Å²) in [5, 5.41) is 5.98. The number of pyridine rings is 1. The van der Waals surface area contributed by atoms with E-state index in [4.69, 9.17) is 4.74 Å². The number of thioether (sulfide) groups is 1. The number of amides is 3. The first-order chi connectivity index (χ1) is 14.3. The lowest BCUT2D eigenvalue weighted by atomic mass is 9.99. The van der Waals surface area contributed by atoms with Gasteiger partial charge in [-0.3, -0.25) is 15.1 Å². The lowest BCUT2D eigenvalue weighted by molar-refractivity contribution is -0.123. The predicted molar refractivity (Wildman–Crippen MR) is 118 cm³/mol. The minimum atomic E-state index is -0.933. The Bertz CT molecular complexity index is 1120. The monoisotopic (exact) mass is 421 g/mol. The third-order valence-electron chi connectivity index (χ3n) is 5.35. The van der Waals surface area contributed by atoms with Crippen molar-refractivity contribution < 1.29 is 14.3 Å². The molecule has 1 aliphatic rings. The highest BCUT2D eigenvalue weighted by atomic mass is 32.2. The van der Waals surface area contributed by atoms with E-state index in [-0.39, 0.29) is 11.2 Å². The van der Waals surface area contributed by atoms with Crippen LogP contribution in [0.1, 0.15) is 25.1 Å². The van der Waals surface area contributed by atoms with Crippen molar-refractivity contribution in [1.29, 1.82) is 0 Å². The number of carbonyl (C=O) groups is 2. The van der Waals surface area contributed by atoms with Gasteiger partial charge in [0.1, 0.15) is 17.9 Å². The summed E-state index contributed by atoms with van der Waals surface area (Å²) in [4.78, 5) is 29.1. The fraction of sp³-hybridized carbons (Fsp3) is 0.261. The molecule has 3 amide bonds. The van der Waals surface area contributed by atoms with E-state index in [1.54, 1.807) is 6.92 Å². The fourth-order valence-corrected chi connectivity index (χ4v) is 4.56. The number of benzene rings is 2. The molecule has 4 rings (SSSR count). The number of urea groups is 1. The van der Waals surface area contributed by atoms with Crippen LogP contribution in [0.15, 0.2) is 59.5 Å². The largest absolute Gasteiger partial charge is 0.489 e. The van der Waals surface area contributed by atoms with Crippen LogP contribution in [0.3, 0.4) is 0 Å². The number of nitrogens with one attached hydrogen (secondary N) is 2. The van der Waals surface area contributed by atoms with Gasteiger partial charge >= 0.3 is 6.03 Å². The van der Waals surface area contributed by atoms with Crippen molar-refractivity contribution >= 4 is 34.6 Å². The average Bonchev–Trinajstić information content (AvgIpc) is 2.99. The molecule has 2 aromatic carbocycles. The molecular formula is C23H23N3O3S. The minimum Gasteiger partial charge on any atom is -0.489 e. The zero-order chi connectivity index (χ0) is 21.3. The third kappa shape index (κ3) is 3.98. The van der Waals surface area contributed by atoms with Crippen molar-refractivity contribution in [3.05, 3.63) is 65.9 Å². The number of hydrogen-bond donors (Lipinski definition) is 2. The van der Waals surface area contributed by atoms with Gasteiger partial charge in [0.2, 0.25) is 0 Å². The second kappa shape index (κ2) is 7.99. The number of carbonyl (C=O) groups excluding carboxylic acids is 2. The Hall–Kier alpha value is -3.06. The highest BCUT2D eigenvalue weighted by molar-refractivity contribution is 8.00. The first-order valence-corrected chi connectivity index (χ1v) is 10.6. The lowest BCUT2D eigenvalue weighted by Gasteiger charge is -2.27. The summed E-state index contributed by atoms with van der Waals surface area (Å²) in [5.41, 5.74) is 2.09. The van der Waals surface area contributed by atoms with Crippen molar-refractivity contribution in [3.8, 4) is 5.75 Å². The molecule has 3 aromatic rings. The lowest BCUT2D eigenvalue weighted by Crippen LogP contribution is -2.51. The summed E-state index contributed by atoms with van der Waals surface area (Å²) < 4.78 is 6.01. The van der Waals surface area contributed by atoms with Gasteiger partial charge in [0, 0.05) is 26.8 Å². The molecule has 0 bridgehead atoms. The van der Waals surface area contributed by atoms with Crippen molar-refractivity contribution in [1.82, 2.24) is 15.6 Å². The number of ether oxygens (including phenoxy) is 1. The van der Waals surface area contributed by atoms with Crippen LogP contribution in [-0.2, 0) is 11.4 Å². The summed E-state index contributed by atoms with van der Waals surface area (Å²) in [6.07, 6.45) is 0. The molecule has 0 spiro atoms. The van der Waals surface area contributed by atoms with Crippen LogP contribution < -0.4 is 15.4 Å². The Labute approximate surface area is 179 Å². The van der Waals surface area contributed by atoms with Gasteiger partial charge in [-0.1, -0.05) is 25.1 Å². The van der Waals surface area contributed by atoms with Crippen LogP contribution >= 0.6 is 11.8 Å². The van der Waals surface area contributed by atoms with Gasteiger partial charge in [-0.05, 0) is 50.2 Å².